The molecule has 1 aromatic carbocycles. The zero-order valence-corrected chi connectivity index (χ0v) is 14.0. The van der Waals surface area contributed by atoms with Crippen LogP contribution in [0.2, 0.25) is 0 Å². The van der Waals surface area contributed by atoms with Crippen molar-refractivity contribution in [3.8, 4) is 0 Å². The highest BCUT2D eigenvalue weighted by Gasteiger charge is 2.52. The Morgan fingerprint density at radius 3 is 2.60 bits per heavy atom. The third kappa shape index (κ3) is 4.58. The minimum absolute atomic E-state index is 0.194. The second-order valence-corrected chi connectivity index (χ2v) is 7.14. The van der Waals surface area contributed by atoms with Gasteiger partial charge in [0.15, 0.2) is 0 Å². The standard InChI is InChI=1S/C13H15F3N2O6S/c1-8-4-3-5-10(11(8)18(19)20)17-6-9(7-23-25(2,21)22)24-12(17)13(14,15)16/h3-5,9,12H,6-7H2,1-2H3/t9-,12-/m0/s1. The summed E-state index contributed by atoms with van der Waals surface area (Å²) in [5.41, 5.74) is -0.529. The first-order chi connectivity index (χ1) is 11.4. The van der Waals surface area contributed by atoms with Crippen LogP contribution in [0.1, 0.15) is 5.56 Å². The van der Waals surface area contributed by atoms with E-state index in [-0.39, 0.29) is 11.3 Å². The van der Waals surface area contributed by atoms with Gasteiger partial charge in [0.1, 0.15) is 11.8 Å². The number of nitro benzene ring substituents is 1. The van der Waals surface area contributed by atoms with Gasteiger partial charge < -0.3 is 9.64 Å². The lowest BCUT2D eigenvalue weighted by atomic mass is 10.1. The van der Waals surface area contributed by atoms with Crippen molar-refractivity contribution in [2.45, 2.75) is 25.4 Å². The van der Waals surface area contributed by atoms with Gasteiger partial charge in [0.25, 0.3) is 15.8 Å². The predicted octanol–water partition coefficient (Wildman–Crippen LogP) is 1.97. The van der Waals surface area contributed by atoms with E-state index in [0.29, 0.717) is 4.90 Å². The van der Waals surface area contributed by atoms with Gasteiger partial charge in [-0.05, 0) is 13.0 Å². The molecule has 8 nitrogen and oxygen atoms in total. The number of halogens is 3. The van der Waals surface area contributed by atoms with E-state index in [2.05, 4.69) is 4.18 Å². The molecule has 12 heteroatoms. The third-order valence-electron chi connectivity index (χ3n) is 3.46. The summed E-state index contributed by atoms with van der Waals surface area (Å²) < 4.78 is 71.2. The Morgan fingerprint density at radius 1 is 1.44 bits per heavy atom. The first kappa shape index (κ1) is 19.4. The maximum Gasteiger partial charge on any atom is 0.433 e. The summed E-state index contributed by atoms with van der Waals surface area (Å²) in [6.07, 6.45) is -7.74. The molecule has 0 N–H and O–H groups in total. The number of rotatable bonds is 5. The van der Waals surface area contributed by atoms with Crippen LogP contribution < -0.4 is 4.90 Å². The third-order valence-corrected chi connectivity index (χ3v) is 4.03. The summed E-state index contributed by atoms with van der Waals surface area (Å²) in [5, 5.41) is 11.2. The zero-order chi connectivity index (χ0) is 19.0. The number of anilines is 1. The fraction of sp³-hybridized carbons (Fsp3) is 0.538. The van der Waals surface area contributed by atoms with Crippen molar-refractivity contribution in [2.75, 3.05) is 24.3 Å². The fourth-order valence-corrected chi connectivity index (χ4v) is 2.90. The molecule has 1 fully saturated rings. The molecule has 0 radical (unpaired) electrons. The van der Waals surface area contributed by atoms with Gasteiger partial charge in [0.05, 0.1) is 17.8 Å². The zero-order valence-electron chi connectivity index (χ0n) is 13.2. The van der Waals surface area contributed by atoms with E-state index in [9.17, 15) is 31.7 Å². The molecule has 0 saturated carbocycles. The van der Waals surface area contributed by atoms with E-state index >= 15 is 0 Å². The smallest absolute Gasteiger partial charge is 0.342 e. The fourth-order valence-electron chi connectivity index (χ4n) is 2.50. The molecule has 1 heterocycles. The Hall–Kier alpha value is -1.92. The van der Waals surface area contributed by atoms with Crippen LogP contribution in [0.5, 0.6) is 0 Å². The molecule has 1 saturated heterocycles. The summed E-state index contributed by atoms with van der Waals surface area (Å²) in [6.45, 7) is 0.372. The molecule has 1 aromatic rings. The maximum atomic E-state index is 13.3. The Morgan fingerprint density at radius 2 is 2.08 bits per heavy atom. The number of aryl methyl sites for hydroxylation is 1. The molecule has 0 aromatic heterocycles. The molecule has 0 spiro atoms. The molecular weight excluding hydrogens is 369 g/mol. The van der Waals surface area contributed by atoms with Gasteiger partial charge in [0.2, 0.25) is 6.23 Å². The number of hydrogen-bond donors (Lipinski definition) is 0. The predicted molar refractivity (Wildman–Crippen MR) is 80.7 cm³/mol. The Labute approximate surface area is 141 Å². The lowest BCUT2D eigenvalue weighted by Gasteiger charge is -2.26. The molecule has 0 unspecified atom stereocenters. The lowest BCUT2D eigenvalue weighted by molar-refractivity contribution is -0.384. The van der Waals surface area contributed by atoms with Crippen LogP contribution >= 0.6 is 0 Å². The molecular formula is C13H15F3N2O6S. The largest absolute Gasteiger partial charge is 0.433 e. The van der Waals surface area contributed by atoms with Crippen molar-refractivity contribution in [3.63, 3.8) is 0 Å². The first-order valence-electron chi connectivity index (χ1n) is 6.97. The highest BCUT2D eigenvalue weighted by Crippen LogP contribution is 2.40. The molecule has 0 amide bonds. The summed E-state index contributed by atoms with van der Waals surface area (Å²) in [6, 6.07) is 3.99. The Kier molecular flexibility index (Phi) is 5.25. The van der Waals surface area contributed by atoms with Gasteiger partial charge in [-0.15, -0.1) is 0 Å². The minimum atomic E-state index is -4.84. The van der Waals surface area contributed by atoms with E-state index < -0.39 is 52.4 Å². The topological polar surface area (TPSA) is 99.0 Å². The van der Waals surface area contributed by atoms with E-state index in [1.165, 1.54) is 25.1 Å². The first-order valence-corrected chi connectivity index (χ1v) is 8.79. The Bertz CT molecular complexity index is 768. The summed E-state index contributed by atoms with van der Waals surface area (Å²) in [7, 11) is -3.86. The number of para-hydroxylation sites is 1. The molecule has 0 aliphatic carbocycles. The van der Waals surface area contributed by atoms with Crippen molar-refractivity contribution < 1.29 is 35.4 Å². The molecule has 2 rings (SSSR count). The van der Waals surface area contributed by atoms with Crippen molar-refractivity contribution >= 4 is 21.5 Å². The van der Waals surface area contributed by atoms with Crippen molar-refractivity contribution in [1.29, 1.82) is 0 Å². The molecule has 1 aliphatic heterocycles. The van der Waals surface area contributed by atoms with E-state index in [0.717, 1.165) is 6.26 Å². The quantitative estimate of drug-likeness (QED) is 0.435. The number of ether oxygens (including phenoxy) is 1. The summed E-state index contributed by atoms with van der Waals surface area (Å²) in [4.78, 5) is 11.2. The van der Waals surface area contributed by atoms with Crippen molar-refractivity contribution in [3.05, 3.63) is 33.9 Å². The SMILES string of the molecule is Cc1cccc(N2C[C@@H](COS(C)(=O)=O)O[C@H]2C(F)(F)F)c1[N+](=O)[O-]. The maximum absolute atomic E-state index is 13.3. The lowest BCUT2D eigenvalue weighted by Crippen LogP contribution is -2.42. The normalized spacial score (nSPS) is 21.6. The number of benzene rings is 1. The number of nitrogens with zero attached hydrogens (tertiary/aromatic N) is 2. The molecule has 2 atom stereocenters. The van der Waals surface area contributed by atoms with E-state index in [1.807, 2.05) is 0 Å². The van der Waals surface area contributed by atoms with Gasteiger partial charge in [-0.25, -0.2) is 0 Å². The Balaban J connectivity index is 2.37. The van der Waals surface area contributed by atoms with Crippen LogP contribution in [0.4, 0.5) is 24.5 Å². The van der Waals surface area contributed by atoms with Crippen LogP contribution in [0.3, 0.4) is 0 Å². The monoisotopic (exact) mass is 384 g/mol. The average Bonchev–Trinajstić information content (AvgIpc) is 2.88. The number of alkyl halides is 3. The van der Waals surface area contributed by atoms with Gasteiger partial charge in [-0.1, -0.05) is 12.1 Å². The molecule has 0 bridgehead atoms. The average molecular weight is 384 g/mol. The number of hydrogen-bond acceptors (Lipinski definition) is 7. The van der Waals surface area contributed by atoms with Crippen LogP contribution in [-0.4, -0.2) is 51.3 Å². The summed E-state index contributed by atoms with van der Waals surface area (Å²) >= 11 is 0. The minimum Gasteiger partial charge on any atom is -0.342 e. The van der Waals surface area contributed by atoms with Gasteiger partial charge in [-0.3, -0.25) is 14.3 Å². The van der Waals surface area contributed by atoms with Crippen LogP contribution in [0.25, 0.3) is 0 Å². The second kappa shape index (κ2) is 6.77. The highest BCUT2D eigenvalue weighted by molar-refractivity contribution is 7.85. The van der Waals surface area contributed by atoms with Crippen molar-refractivity contribution in [1.82, 2.24) is 0 Å². The number of nitro groups is 1. The van der Waals surface area contributed by atoms with Crippen molar-refractivity contribution in [2.24, 2.45) is 0 Å². The molecule has 140 valence electrons. The molecule has 1 aliphatic rings. The van der Waals surface area contributed by atoms with Gasteiger partial charge >= 0.3 is 6.18 Å². The van der Waals surface area contributed by atoms with E-state index in [1.54, 1.807) is 0 Å². The molecule has 25 heavy (non-hydrogen) atoms. The van der Waals surface area contributed by atoms with E-state index in [4.69, 9.17) is 4.74 Å². The van der Waals surface area contributed by atoms with Crippen LogP contribution in [0.15, 0.2) is 18.2 Å². The second-order valence-electron chi connectivity index (χ2n) is 5.49. The van der Waals surface area contributed by atoms with Crippen LogP contribution in [-0.2, 0) is 19.0 Å². The highest BCUT2D eigenvalue weighted by atomic mass is 32.2. The van der Waals surface area contributed by atoms with Crippen LogP contribution in [0, 0.1) is 17.0 Å². The van der Waals surface area contributed by atoms with Gasteiger partial charge in [-0.2, -0.15) is 21.6 Å². The van der Waals surface area contributed by atoms with Gasteiger partial charge in [0, 0.05) is 12.1 Å². The summed E-state index contributed by atoms with van der Waals surface area (Å²) in [5.74, 6) is 0.